The predicted octanol–water partition coefficient (Wildman–Crippen LogP) is 5.26. The van der Waals surface area contributed by atoms with Crippen LogP contribution in [0.1, 0.15) is 32.1 Å². The fourth-order valence-corrected chi connectivity index (χ4v) is 4.42. The number of nitrogens with zero attached hydrogens (tertiary/aromatic N) is 4. The monoisotopic (exact) mass is 500 g/mol. The zero-order chi connectivity index (χ0) is 22.0. The first-order valence-electron chi connectivity index (χ1n) is 9.80. The molecule has 7 nitrogen and oxygen atoms in total. The number of halogens is 1. The molecule has 2 aromatic carbocycles. The number of methoxy groups -OCH3 is 1. The van der Waals surface area contributed by atoms with E-state index >= 15 is 0 Å². The third-order valence-corrected chi connectivity index (χ3v) is 6.28. The third-order valence-electron chi connectivity index (χ3n) is 4.74. The molecule has 0 saturated carbocycles. The Balaban J connectivity index is 1.94. The minimum Gasteiger partial charge on any atom is -0.496 e. The number of thioether (sulfide) groups is 1. The van der Waals surface area contributed by atoms with Gasteiger partial charge in [0.05, 0.1) is 18.4 Å². The molecule has 1 aromatic heterocycles. The molecule has 9 heteroatoms. The van der Waals surface area contributed by atoms with Gasteiger partial charge in [0.15, 0.2) is 5.69 Å². The van der Waals surface area contributed by atoms with Crippen molar-refractivity contribution in [3.63, 3.8) is 0 Å². The second-order valence-electron chi connectivity index (χ2n) is 6.86. The van der Waals surface area contributed by atoms with Crippen LogP contribution in [0.5, 0.6) is 11.6 Å². The van der Waals surface area contributed by atoms with E-state index in [2.05, 4.69) is 38.0 Å². The van der Waals surface area contributed by atoms with Crippen LogP contribution in [-0.4, -0.2) is 34.0 Å². The van der Waals surface area contributed by atoms with Crippen LogP contribution in [0.3, 0.4) is 0 Å². The highest BCUT2D eigenvalue weighted by Crippen LogP contribution is 2.45. The Hall–Kier alpha value is -2.65. The number of fused-ring (bicyclic) bond motifs is 3. The second kappa shape index (κ2) is 9.23. The van der Waals surface area contributed by atoms with Crippen LogP contribution in [0.15, 0.2) is 52.1 Å². The molecule has 2 heterocycles. The van der Waals surface area contributed by atoms with Crippen LogP contribution < -0.4 is 14.4 Å². The number of carbonyl (C=O) groups is 1. The highest BCUT2D eigenvalue weighted by Gasteiger charge is 2.36. The summed E-state index contributed by atoms with van der Waals surface area (Å²) in [6, 6.07) is 13.1. The molecule has 1 amide bonds. The number of amides is 1. The summed E-state index contributed by atoms with van der Waals surface area (Å²) in [4.78, 5) is 19.1. The van der Waals surface area contributed by atoms with Gasteiger partial charge in [0.2, 0.25) is 23.2 Å². The lowest BCUT2D eigenvalue weighted by Gasteiger charge is -2.30. The van der Waals surface area contributed by atoms with Crippen molar-refractivity contribution < 1.29 is 14.3 Å². The van der Waals surface area contributed by atoms with E-state index in [0.717, 1.165) is 22.2 Å². The number of rotatable bonds is 5. The molecule has 0 fully saturated rings. The van der Waals surface area contributed by atoms with Gasteiger partial charge in [0.25, 0.3) is 0 Å². The average Bonchev–Trinajstić information content (AvgIpc) is 2.91. The number of carbonyl (C=O) groups excluding carboxylic acids is 1. The molecule has 0 N–H and O–H groups in total. The zero-order valence-electron chi connectivity index (χ0n) is 17.3. The quantitative estimate of drug-likeness (QED) is 0.442. The molecule has 0 bridgehead atoms. The summed E-state index contributed by atoms with van der Waals surface area (Å²) in [7, 11) is 1.59. The van der Waals surface area contributed by atoms with E-state index in [-0.39, 0.29) is 5.91 Å². The van der Waals surface area contributed by atoms with Gasteiger partial charge in [0, 0.05) is 22.7 Å². The fraction of sp³-hybridized carbons (Fsp3) is 0.273. The number of benzene rings is 2. The molecule has 0 saturated heterocycles. The molecule has 31 heavy (non-hydrogen) atoms. The van der Waals surface area contributed by atoms with E-state index < -0.39 is 6.23 Å². The van der Waals surface area contributed by atoms with E-state index in [1.807, 2.05) is 42.5 Å². The SMILES string of the molecule is CCCSc1nnc2c(n1)OC(c1cc(Br)ccc1OC)N(C(C)=O)c1ccccc1-2. The number of hydrogen-bond donors (Lipinski definition) is 0. The fourth-order valence-electron chi connectivity index (χ4n) is 3.41. The summed E-state index contributed by atoms with van der Waals surface area (Å²) in [6.07, 6.45) is 0.193. The highest BCUT2D eigenvalue weighted by atomic mass is 79.9. The van der Waals surface area contributed by atoms with Gasteiger partial charge in [-0.05, 0) is 30.7 Å². The summed E-state index contributed by atoms with van der Waals surface area (Å²) in [5.41, 5.74) is 2.59. The number of aromatic nitrogens is 3. The van der Waals surface area contributed by atoms with Gasteiger partial charge in [-0.2, -0.15) is 4.98 Å². The van der Waals surface area contributed by atoms with Gasteiger partial charge in [-0.15, -0.1) is 10.2 Å². The summed E-state index contributed by atoms with van der Waals surface area (Å²) < 4.78 is 12.8. The van der Waals surface area contributed by atoms with Gasteiger partial charge in [-0.3, -0.25) is 9.69 Å². The molecule has 1 atom stereocenters. The minimum atomic E-state index is -0.798. The first kappa shape index (κ1) is 21.6. The van der Waals surface area contributed by atoms with E-state index in [1.54, 1.807) is 12.0 Å². The van der Waals surface area contributed by atoms with E-state index in [1.165, 1.54) is 18.7 Å². The Bertz CT molecular complexity index is 1130. The average molecular weight is 501 g/mol. The smallest absolute Gasteiger partial charge is 0.247 e. The highest BCUT2D eigenvalue weighted by molar-refractivity contribution is 9.10. The molecule has 160 valence electrons. The van der Waals surface area contributed by atoms with Gasteiger partial charge in [0.1, 0.15) is 5.75 Å². The second-order valence-corrected chi connectivity index (χ2v) is 8.84. The molecule has 3 aromatic rings. The first-order chi connectivity index (χ1) is 15.0. The molecule has 1 unspecified atom stereocenters. The summed E-state index contributed by atoms with van der Waals surface area (Å²) in [5, 5.41) is 9.23. The van der Waals surface area contributed by atoms with Crippen molar-refractivity contribution >= 4 is 39.3 Å². The van der Waals surface area contributed by atoms with Crippen molar-refractivity contribution in [2.45, 2.75) is 31.7 Å². The topological polar surface area (TPSA) is 77.4 Å². The number of para-hydroxylation sites is 1. The van der Waals surface area contributed by atoms with E-state index in [4.69, 9.17) is 9.47 Å². The van der Waals surface area contributed by atoms with Crippen LogP contribution >= 0.6 is 27.7 Å². The molecule has 0 spiro atoms. The normalized spacial score (nSPS) is 14.8. The largest absolute Gasteiger partial charge is 0.496 e. The third kappa shape index (κ3) is 4.24. The molecular formula is C22H21BrN4O3S. The van der Waals surface area contributed by atoms with Gasteiger partial charge < -0.3 is 9.47 Å². The zero-order valence-corrected chi connectivity index (χ0v) is 19.7. The lowest BCUT2D eigenvalue weighted by Crippen LogP contribution is -2.36. The van der Waals surface area contributed by atoms with Crippen LogP contribution in [0.25, 0.3) is 11.3 Å². The van der Waals surface area contributed by atoms with E-state index in [0.29, 0.717) is 33.7 Å². The van der Waals surface area contributed by atoms with Crippen LogP contribution in [-0.2, 0) is 4.79 Å². The van der Waals surface area contributed by atoms with Crippen molar-refractivity contribution in [3.05, 3.63) is 52.5 Å². The maximum absolute atomic E-state index is 12.9. The van der Waals surface area contributed by atoms with Gasteiger partial charge >= 0.3 is 0 Å². The maximum Gasteiger partial charge on any atom is 0.247 e. The van der Waals surface area contributed by atoms with Crippen LogP contribution in [0.2, 0.25) is 0 Å². The Morgan fingerprint density at radius 2 is 2.06 bits per heavy atom. The lowest BCUT2D eigenvalue weighted by atomic mass is 10.1. The molecule has 1 aliphatic heterocycles. The molecule has 4 rings (SSSR count). The van der Waals surface area contributed by atoms with Crippen molar-refractivity contribution in [2.75, 3.05) is 17.8 Å². The van der Waals surface area contributed by atoms with Crippen molar-refractivity contribution in [3.8, 4) is 22.9 Å². The number of anilines is 1. The van der Waals surface area contributed by atoms with Crippen molar-refractivity contribution in [1.82, 2.24) is 15.2 Å². The molecule has 1 aliphatic rings. The molecular weight excluding hydrogens is 480 g/mol. The Morgan fingerprint density at radius 3 is 2.81 bits per heavy atom. The first-order valence-corrected chi connectivity index (χ1v) is 11.6. The molecule has 0 radical (unpaired) electrons. The van der Waals surface area contributed by atoms with Crippen molar-refractivity contribution in [2.24, 2.45) is 0 Å². The van der Waals surface area contributed by atoms with Crippen molar-refractivity contribution in [1.29, 1.82) is 0 Å². The van der Waals surface area contributed by atoms with Crippen LogP contribution in [0.4, 0.5) is 5.69 Å². The number of ether oxygens (including phenoxy) is 2. The van der Waals surface area contributed by atoms with Crippen LogP contribution in [0, 0.1) is 0 Å². The number of hydrogen-bond acceptors (Lipinski definition) is 7. The van der Waals surface area contributed by atoms with E-state index in [9.17, 15) is 4.79 Å². The molecule has 0 aliphatic carbocycles. The summed E-state index contributed by atoms with van der Waals surface area (Å²) >= 11 is 5.03. The summed E-state index contributed by atoms with van der Waals surface area (Å²) in [6.45, 7) is 3.60. The van der Waals surface area contributed by atoms with Gasteiger partial charge in [-0.25, -0.2) is 0 Å². The predicted molar refractivity (Wildman–Crippen MR) is 124 cm³/mol. The maximum atomic E-state index is 12.9. The Labute approximate surface area is 193 Å². The minimum absolute atomic E-state index is 0.180. The Kier molecular flexibility index (Phi) is 6.43. The van der Waals surface area contributed by atoms with Gasteiger partial charge in [-0.1, -0.05) is 52.8 Å². The summed E-state index contributed by atoms with van der Waals surface area (Å²) in [5.74, 6) is 1.63. The Morgan fingerprint density at radius 1 is 1.26 bits per heavy atom. The standard InChI is InChI=1S/C22H21BrN4O3S/c1-4-11-31-22-24-20-19(25-26-22)15-7-5-6-8-17(15)27(13(2)28)21(30-20)16-12-14(23)9-10-18(16)29-3/h5-10,12,21H,4,11H2,1-3H3. The lowest BCUT2D eigenvalue weighted by molar-refractivity contribution is -0.118.